The van der Waals surface area contributed by atoms with Crippen molar-refractivity contribution in [1.82, 2.24) is 4.31 Å². The Morgan fingerprint density at radius 3 is 2.70 bits per heavy atom. The van der Waals surface area contributed by atoms with Gasteiger partial charge in [-0.15, -0.1) is 0 Å². The lowest BCUT2D eigenvalue weighted by molar-refractivity contribution is 0.272. The maximum atomic E-state index is 12.7. The van der Waals surface area contributed by atoms with Crippen LogP contribution in [0.4, 0.5) is 0 Å². The molecular weight excluding hydrogens is 302 g/mol. The maximum Gasteiger partial charge on any atom is 0.247 e. The molecule has 20 heavy (non-hydrogen) atoms. The Kier molecular flexibility index (Phi) is 4.70. The fourth-order valence-electron chi connectivity index (χ4n) is 2.14. The highest BCUT2D eigenvalue weighted by molar-refractivity contribution is 7.89. The molecule has 1 N–H and O–H groups in total. The predicted molar refractivity (Wildman–Crippen MR) is 76.4 cm³/mol. The van der Waals surface area contributed by atoms with Crippen molar-refractivity contribution in [2.24, 2.45) is 0 Å². The summed E-state index contributed by atoms with van der Waals surface area (Å²) in [4.78, 5) is -0.00755. The van der Waals surface area contributed by atoms with E-state index in [4.69, 9.17) is 16.3 Å². The quantitative estimate of drug-likeness (QED) is 0.860. The molecule has 0 aromatic heterocycles. The highest BCUT2D eigenvalue weighted by atomic mass is 35.5. The van der Waals surface area contributed by atoms with E-state index in [2.05, 4.69) is 0 Å². The third-order valence-corrected chi connectivity index (χ3v) is 5.20. The molecule has 110 valence electrons. The van der Waals surface area contributed by atoms with Gasteiger partial charge in [-0.3, -0.25) is 0 Å². The molecule has 1 aromatic carbocycles. The van der Waals surface area contributed by atoms with Crippen LogP contribution in [-0.4, -0.2) is 38.0 Å². The highest BCUT2D eigenvalue weighted by Crippen LogP contribution is 2.34. The van der Waals surface area contributed by atoms with Crippen LogP contribution in [0.15, 0.2) is 29.2 Å². The van der Waals surface area contributed by atoms with Crippen molar-refractivity contribution in [3.63, 3.8) is 0 Å². The molecule has 5 nitrogen and oxygen atoms in total. The maximum absolute atomic E-state index is 12.7. The monoisotopic (exact) mass is 317 g/mol. The van der Waals surface area contributed by atoms with Gasteiger partial charge in [0.2, 0.25) is 10.0 Å². The minimum absolute atomic E-state index is 0.00755. The van der Waals surface area contributed by atoms with Crippen LogP contribution in [0.25, 0.3) is 0 Å². The van der Waals surface area contributed by atoms with E-state index in [1.54, 1.807) is 0 Å². The van der Waals surface area contributed by atoms with Crippen LogP contribution in [0.3, 0.4) is 0 Å². The summed E-state index contributed by atoms with van der Waals surface area (Å²) in [5.41, 5.74) is 0.353. The van der Waals surface area contributed by atoms with Crippen molar-refractivity contribution in [2.75, 3.05) is 20.2 Å². The molecule has 0 saturated heterocycles. The van der Waals surface area contributed by atoms with Crippen molar-refractivity contribution >= 4 is 21.6 Å². The SMILES string of the molecule is COc1c(CO)cc(Cl)cc1S(=O)(=O)N1CC=CCC1. The molecule has 0 atom stereocenters. The third-order valence-electron chi connectivity index (χ3n) is 3.11. The molecular formula is C13H16ClNO4S. The summed E-state index contributed by atoms with van der Waals surface area (Å²) in [6.07, 6.45) is 4.43. The van der Waals surface area contributed by atoms with Gasteiger partial charge in [-0.05, 0) is 18.6 Å². The summed E-state index contributed by atoms with van der Waals surface area (Å²) in [5.74, 6) is 0.145. The minimum Gasteiger partial charge on any atom is -0.495 e. The van der Waals surface area contributed by atoms with E-state index in [0.717, 1.165) is 0 Å². The molecule has 1 heterocycles. The van der Waals surface area contributed by atoms with E-state index >= 15 is 0 Å². The Hall–Kier alpha value is -1.08. The standard InChI is InChI=1S/C13H16ClNO4S/c1-19-13-10(9-16)7-11(14)8-12(13)20(17,18)15-5-3-2-4-6-15/h2-3,7-8,16H,4-6,9H2,1H3. The van der Waals surface area contributed by atoms with E-state index < -0.39 is 10.0 Å². The molecule has 0 bridgehead atoms. The van der Waals surface area contributed by atoms with Crippen LogP contribution in [0, 0.1) is 0 Å². The van der Waals surface area contributed by atoms with Gasteiger partial charge in [0.15, 0.2) is 0 Å². The third kappa shape index (κ3) is 2.83. The molecule has 0 spiro atoms. The number of benzene rings is 1. The number of rotatable bonds is 4. The number of halogens is 1. The Bertz CT molecular complexity index is 628. The number of methoxy groups -OCH3 is 1. The first kappa shape index (κ1) is 15.3. The first-order valence-electron chi connectivity index (χ1n) is 6.13. The number of ether oxygens (including phenoxy) is 1. The number of aliphatic hydroxyl groups excluding tert-OH is 1. The van der Waals surface area contributed by atoms with Gasteiger partial charge in [-0.2, -0.15) is 4.31 Å². The number of hydrogen-bond acceptors (Lipinski definition) is 4. The lowest BCUT2D eigenvalue weighted by Crippen LogP contribution is -2.34. The topological polar surface area (TPSA) is 66.8 Å². The zero-order valence-electron chi connectivity index (χ0n) is 11.0. The minimum atomic E-state index is -3.70. The van der Waals surface area contributed by atoms with Crippen molar-refractivity contribution in [1.29, 1.82) is 0 Å². The molecule has 0 radical (unpaired) electrons. The second kappa shape index (κ2) is 6.13. The van der Waals surface area contributed by atoms with E-state index in [-0.39, 0.29) is 22.3 Å². The molecule has 0 fully saturated rings. The first-order valence-corrected chi connectivity index (χ1v) is 7.95. The van der Waals surface area contributed by atoms with Crippen LogP contribution in [0.2, 0.25) is 5.02 Å². The molecule has 1 aliphatic rings. The molecule has 2 rings (SSSR count). The summed E-state index contributed by atoms with van der Waals surface area (Å²) >= 11 is 5.94. The normalized spacial score (nSPS) is 16.4. The molecule has 0 saturated carbocycles. The molecule has 0 aliphatic carbocycles. The van der Waals surface area contributed by atoms with E-state index in [1.165, 1.54) is 23.5 Å². The van der Waals surface area contributed by atoms with Gasteiger partial charge in [0, 0.05) is 23.7 Å². The fraction of sp³-hybridized carbons (Fsp3) is 0.385. The number of aliphatic hydroxyl groups is 1. The fourth-order valence-corrected chi connectivity index (χ4v) is 4.08. The largest absolute Gasteiger partial charge is 0.495 e. The summed E-state index contributed by atoms with van der Waals surface area (Å²) in [5, 5.41) is 9.57. The average Bonchev–Trinajstić information content (AvgIpc) is 2.47. The Morgan fingerprint density at radius 1 is 1.40 bits per heavy atom. The molecule has 1 aromatic rings. The lowest BCUT2D eigenvalue weighted by Gasteiger charge is -2.24. The van der Waals surface area contributed by atoms with Crippen molar-refractivity contribution < 1.29 is 18.3 Å². The van der Waals surface area contributed by atoms with Crippen LogP contribution in [-0.2, 0) is 16.6 Å². The summed E-state index contributed by atoms with van der Waals surface area (Å²) in [7, 11) is -2.33. The van der Waals surface area contributed by atoms with Crippen molar-refractivity contribution in [3.05, 3.63) is 34.9 Å². The van der Waals surface area contributed by atoms with Gasteiger partial charge in [0.05, 0.1) is 13.7 Å². The van der Waals surface area contributed by atoms with Gasteiger partial charge in [0.25, 0.3) is 0 Å². The summed E-state index contributed by atoms with van der Waals surface area (Å²) < 4.78 is 31.8. The van der Waals surface area contributed by atoms with Crippen molar-refractivity contribution in [3.8, 4) is 5.75 Å². The summed E-state index contributed by atoms with van der Waals surface area (Å²) in [6.45, 7) is 0.404. The second-order valence-corrected chi connectivity index (χ2v) is 6.72. The molecule has 7 heteroatoms. The van der Waals surface area contributed by atoms with Gasteiger partial charge in [-0.1, -0.05) is 23.8 Å². The van der Waals surface area contributed by atoms with E-state index in [1.807, 2.05) is 12.2 Å². The van der Waals surface area contributed by atoms with Gasteiger partial charge in [0.1, 0.15) is 10.6 Å². The first-order chi connectivity index (χ1) is 9.50. The van der Waals surface area contributed by atoms with Crippen LogP contribution < -0.4 is 4.74 Å². The van der Waals surface area contributed by atoms with Crippen molar-refractivity contribution in [2.45, 2.75) is 17.9 Å². The second-order valence-electron chi connectivity index (χ2n) is 4.38. The Labute approximate surface area is 123 Å². The molecule has 1 aliphatic heterocycles. The molecule has 0 amide bonds. The van der Waals surface area contributed by atoms with Crippen LogP contribution in [0.1, 0.15) is 12.0 Å². The molecule has 0 unspecified atom stereocenters. The Balaban J connectivity index is 2.55. The zero-order chi connectivity index (χ0) is 14.8. The number of sulfonamides is 1. The lowest BCUT2D eigenvalue weighted by atomic mass is 10.2. The highest BCUT2D eigenvalue weighted by Gasteiger charge is 2.29. The van der Waals surface area contributed by atoms with Gasteiger partial charge >= 0.3 is 0 Å². The van der Waals surface area contributed by atoms with Gasteiger partial charge in [-0.25, -0.2) is 8.42 Å². The zero-order valence-corrected chi connectivity index (χ0v) is 12.6. The van der Waals surface area contributed by atoms with Crippen LogP contribution >= 0.6 is 11.6 Å². The van der Waals surface area contributed by atoms with Gasteiger partial charge < -0.3 is 9.84 Å². The van der Waals surface area contributed by atoms with Crippen LogP contribution in [0.5, 0.6) is 5.75 Å². The predicted octanol–water partition coefficient (Wildman–Crippen LogP) is 1.79. The number of nitrogens with zero attached hydrogens (tertiary/aromatic N) is 1. The van der Waals surface area contributed by atoms with E-state index in [0.29, 0.717) is 25.1 Å². The smallest absolute Gasteiger partial charge is 0.247 e. The van der Waals surface area contributed by atoms with E-state index in [9.17, 15) is 13.5 Å². The average molecular weight is 318 g/mol. The Morgan fingerprint density at radius 2 is 2.15 bits per heavy atom. The summed E-state index contributed by atoms with van der Waals surface area (Å²) in [6, 6.07) is 2.85. The number of hydrogen-bond donors (Lipinski definition) is 1.